The zero-order valence-electron chi connectivity index (χ0n) is 9.04. The third-order valence-corrected chi connectivity index (χ3v) is 4.76. The summed E-state index contributed by atoms with van der Waals surface area (Å²) in [5, 5.41) is 1.33. The van der Waals surface area contributed by atoms with Gasteiger partial charge in [0.1, 0.15) is 0 Å². The van der Waals surface area contributed by atoms with Crippen LogP contribution in [0.3, 0.4) is 0 Å². The first-order valence-corrected chi connectivity index (χ1v) is 7.26. The van der Waals surface area contributed by atoms with Crippen molar-refractivity contribution in [2.75, 3.05) is 0 Å². The predicted molar refractivity (Wildman–Crippen MR) is 66.7 cm³/mol. The van der Waals surface area contributed by atoms with Gasteiger partial charge in [0.2, 0.25) is 0 Å². The van der Waals surface area contributed by atoms with E-state index in [9.17, 15) is 0 Å². The second kappa shape index (κ2) is 5.86. The van der Waals surface area contributed by atoms with E-state index in [0.717, 1.165) is 0 Å². The number of nitrogens with zero attached hydrogens (tertiary/aromatic N) is 1. The number of thiazole rings is 1. The van der Waals surface area contributed by atoms with Crippen molar-refractivity contribution < 1.29 is 0 Å². The van der Waals surface area contributed by atoms with Gasteiger partial charge in [-0.15, -0.1) is 22.9 Å². The van der Waals surface area contributed by atoms with E-state index in [0.29, 0.717) is 11.8 Å². The summed E-state index contributed by atoms with van der Waals surface area (Å²) in [6.45, 7) is 0. The van der Waals surface area contributed by atoms with E-state index in [1.54, 1.807) is 0 Å². The van der Waals surface area contributed by atoms with Crippen molar-refractivity contribution in [3.63, 3.8) is 0 Å². The average Bonchev–Trinajstić information content (AvgIpc) is 2.65. The Morgan fingerprint density at radius 3 is 2.47 bits per heavy atom. The normalized spacial score (nSPS) is 19.8. The van der Waals surface area contributed by atoms with Gasteiger partial charge in [0.05, 0.1) is 10.9 Å². The summed E-state index contributed by atoms with van der Waals surface area (Å²) in [6, 6.07) is 0. The van der Waals surface area contributed by atoms with E-state index in [1.807, 2.05) is 17.5 Å². The van der Waals surface area contributed by atoms with Crippen molar-refractivity contribution in [3.8, 4) is 0 Å². The molecule has 84 valence electrons. The van der Waals surface area contributed by atoms with Gasteiger partial charge in [-0.05, 0) is 12.8 Å². The molecule has 0 spiro atoms. The smallest absolute Gasteiger partial charge is 0.0959 e. The van der Waals surface area contributed by atoms with E-state index in [1.165, 1.54) is 54.8 Å². The number of rotatable bonds is 2. The molecule has 1 aliphatic carbocycles. The maximum atomic E-state index is 5.81. The lowest BCUT2D eigenvalue weighted by Crippen LogP contribution is -2.01. The van der Waals surface area contributed by atoms with Crippen LogP contribution in [-0.4, -0.2) is 4.98 Å². The molecule has 1 fully saturated rings. The lowest BCUT2D eigenvalue weighted by atomic mass is 9.92. The third kappa shape index (κ3) is 3.18. The highest BCUT2D eigenvalue weighted by molar-refractivity contribution is 7.11. The summed E-state index contributed by atoms with van der Waals surface area (Å²) >= 11 is 7.62. The molecule has 0 aromatic carbocycles. The number of halogens is 1. The van der Waals surface area contributed by atoms with E-state index in [-0.39, 0.29) is 0 Å². The minimum Gasteiger partial charge on any atom is -0.249 e. The maximum Gasteiger partial charge on any atom is 0.0959 e. The molecule has 1 aromatic rings. The fourth-order valence-corrected chi connectivity index (χ4v) is 3.45. The van der Waals surface area contributed by atoms with Crippen LogP contribution in [0, 0.1) is 0 Å². The molecule has 0 bridgehead atoms. The molecular weight excluding hydrogens is 226 g/mol. The van der Waals surface area contributed by atoms with Crippen LogP contribution in [0.4, 0.5) is 0 Å². The first kappa shape index (κ1) is 11.4. The zero-order valence-corrected chi connectivity index (χ0v) is 10.6. The van der Waals surface area contributed by atoms with Gasteiger partial charge in [-0.2, -0.15) is 0 Å². The number of aromatic nitrogens is 1. The molecule has 1 aliphatic rings. The average molecular weight is 244 g/mol. The van der Waals surface area contributed by atoms with Crippen LogP contribution in [0.25, 0.3) is 0 Å². The van der Waals surface area contributed by atoms with Crippen LogP contribution in [0.5, 0.6) is 0 Å². The molecule has 0 radical (unpaired) electrons. The van der Waals surface area contributed by atoms with Gasteiger partial charge >= 0.3 is 0 Å². The lowest BCUT2D eigenvalue weighted by molar-refractivity contribution is 0.454. The van der Waals surface area contributed by atoms with Crippen LogP contribution < -0.4 is 0 Å². The lowest BCUT2D eigenvalue weighted by Gasteiger charge is -2.17. The summed E-state index contributed by atoms with van der Waals surface area (Å²) < 4.78 is 0. The molecule has 1 saturated carbocycles. The Kier molecular flexibility index (Phi) is 4.45. The van der Waals surface area contributed by atoms with Crippen molar-refractivity contribution in [1.29, 1.82) is 0 Å². The highest BCUT2D eigenvalue weighted by Gasteiger charge is 2.16. The van der Waals surface area contributed by atoms with Crippen LogP contribution >= 0.6 is 22.9 Å². The topological polar surface area (TPSA) is 12.9 Å². The number of hydrogen-bond donors (Lipinski definition) is 0. The first-order valence-electron chi connectivity index (χ1n) is 5.90. The van der Waals surface area contributed by atoms with Crippen molar-refractivity contribution >= 4 is 22.9 Å². The molecule has 15 heavy (non-hydrogen) atoms. The molecule has 0 saturated heterocycles. The quantitative estimate of drug-likeness (QED) is 0.686. The van der Waals surface area contributed by atoms with Crippen molar-refractivity contribution in [2.45, 2.75) is 56.7 Å². The van der Waals surface area contributed by atoms with Gasteiger partial charge in [-0.25, -0.2) is 4.98 Å². The minimum absolute atomic E-state index is 0.615. The zero-order chi connectivity index (χ0) is 10.5. The number of alkyl halides is 1. The molecule has 0 atom stereocenters. The van der Waals surface area contributed by atoms with Crippen LogP contribution in [0.1, 0.15) is 60.7 Å². The van der Waals surface area contributed by atoms with Gasteiger partial charge < -0.3 is 0 Å². The van der Waals surface area contributed by atoms with Crippen molar-refractivity contribution in [1.82, 2.24) is 4.98 Å². The third-order valence-electron chi connectivity index (χ3n) is 3.16. The minimum atomic E-state index is 0.615. The summed E-state index contributed by atoms with van der Waals surface area (Å²) in [6.07, 6.45) is 11.6. The molecule has 1 aromatic heterocycles. The first-order chi connectivity index (χ1) is 7.40. The second-order valence-electron chi connectivity index (χ2n) is 4.34. The monoisotopic (exact) mass is 243 g/mol. The Hall–Kier alpha value is -0.0800. The fourth-order valence-electron chi connectivity index (χ4n) is 2.28. The molecule has 2 rings (SSSR count). The van der Waals surface area contributed by atoms with Gasteiger partial charge in [-0.1, -0.05) is 32.1 Å². The Morgan fingerprint density at radius 1 is 1.20 bits per heavy atom. The van der Waals surface area contributed by atoms with Crippen molar-refractivity contribution in [3.05, 3.63) is 16.1 Å². The second-order valence-corrected chi connectivity index (χ2v) is 5.75. The standard InChI is InChI=1S/C12H18ClNS/c13-8-11-9-14-12(15-11)10-6-4-2-1-3-5-7-10/h9-10H,1-8H2. The molecule has 1 heterocycles. The van der Waals surface area contributed by atoms with Crippen LogP contribution in [-0.2, 0) is 5.88 Å². The fraction of sp³-hybridized carbons (Fsp3) is 0.750. The summed E-state index contributed by atoms with van der Waals surface area (Å²) in [5.74, 6) is 1.33. The van der Waals surface area contributed by atoms with Crippen LogP contribution in [0.2, 0.25) is 0 Å². The highest BCUT2D eigenvalue weighted by atomic mass is 35.5. The Labute approximate surface area is 101 Å². The molecule has 0 aliphatic heterocycles. The van der Waals surface area contributed by atoms with Gasteiger partial charge in [0.25, 0.3) is 0 Å². The Bertz CT molecular complexity index is 290. The largest absolute Gasteiger partial charge is 0.249 e. The van der Waals surface area contributed by atoms with E-state index in [2.05, 4.69) is 4.98 Å². The molecule has 1 nitrogen and oxygen atoms in total. The molecule has 0 amide bonds. The van der Waals surface area contributed by atoms with Gasteiger partial charge in [0.15, 0.2) is 0 Å². The van der Waals surface area contributed by atoms with E-state index >= 15 is 0 Å². The van der Waals surface area contributed by atoms with Crippen LogP contribution in [0.15, 0.2) is 6.20 Å². The maximum absolute atomic E-state index is 5.81. The molecule has 3 heteroatoms. The Balaban J connectivity index is 2.00. The Morgan fingerprint density at radius 2 is 1.87 bits per heavy atom. The van der Waals surface area contributed by atoms with E-state index in [4.69, 9.17) is 11.6 Å². The number of hydrogen-bond acceptors (Lipinski definition) is 2. The summed E-state index contributed by atoms with van der Waals surface area (Å²) in [4.78, 5) is 5.73. The SMILES string of the molecule is ClCc1cnc(C2CCCCCCC2)s1. The predicted octanol–water partition coefficient (Wildman–Crippen LogP) is 4.71. The van der Waals surface area contributed by atoms with E-state index < -0.39 is 0 Å². The summed E-state index contributed by atoms with van der Waals surface area (Å²) in [7, 11) is 0. The summed E-state index contributed by atoms with van der Waals surface area (Å²) in [5.41, 5.74) is 0. The van der Waals surface area contributed by atoms with Gasteiger partial charge in [0, 0.05) is 17.0 Å². The van der Waals surface area contributed by atoms with Crippen molar-refractivity contribution in [2.24, 2.45) is 0 Å². The molecule has 0 N–H and O–H groups in total. The highest BCUT2D eigenvalue weighted by Crippen LogP contribution is 2.33. The molecular formula is C12H18ClNS. The molecule has 0 unspecified atom stereocenters. The van der Waals surface area contributed by atoms with Gasteiger partial charge in [-0.3, -0.25) is 0 Å².